The van der Waals surface area contributed by atoms with Crippen LogP contribution in [0.15, 0.2) is 37.2 Å². The molecule has 1 aromatic carbocycles. The minimum Gasteiger partial charge on any atom is -0.477 e. The molecule has 4 heteroatoms. The molecule has 0 spiro atoms. The summed E-state index contributed by atoms with van der Waals surface area (Å²) in [5.74, 6) is 0.589. The Bertz CT molecular complexity index is 525. The maximum atomic E-state index is 5.74. The molecular formula is C13H15N3O. The summed E-state index contributed by atoms with van der Waals surface area (Å²) in [5.41, 5.74) is 7.27. The lowest BCUT2D eigenvalue weighted by molar-refractivity contribution is 0.304. The van der Waals surface area contributed by atoms with E-state index >= 15 is 0 Å². The van der Waals surface area contributed by atoms with Gasteiger partial charge in [-0.3, -0.25) is 0 Å². The number of ether oxygens (including phenoxy) is 1. The molecule has 0 atom stereocenters. The third kappa shape index (κ3) is 2.72. The monoisotopic (exact) mass is 229 g/mol. The number of allylic oxidation sites excluding steroid dienone is 1. The predicted molar refractivity (Wildman–Crippen MR) is 68.9 cm³/mol. The lowest BCUT2D eigenvalue weighted by atomic mass is 10.2. The van der Waals surface area contributed by atoms with E-state index in [9.17, 15) is 0 Å². The van der Waals surface area contributed by atoms with Gasteiger partial charge in [-0.05, 0) is 31.0 Å². The summed E-state index contributed by atoms with van der Waals surface area (Å²) in [6.07, 6.45) is 5.24. The Hall–Kier alpha value is -2.10. The van der Waals surface area contributed by atoms with E-state index in [-0.39, 0.29) is 0 Å². The van der Waals surface area contributed by atoms with Gasteiger partial charge in [-0.15, -0.1) is 6.58 Å². The normalized spacial score (nSPS) is 10.4. The summed E-state index contributed by atoms with van der Waals surface area (Å²) < 4.78 is 5.62. The highest BCUT2D eigenvalue weighted by atomic mass is 16.5. The minimum atomic E-state index is 0.589. The van der Waals surface area contributed by atoms with Gasteiger partial charge in [0, 0.05) is 5.69 Å². The molecule has 1 aromatic heterocycles. The van der Waals surface area contributed by atoms with Crippen LogP contribution in [0.3, 0.4) is 0 Å². The number of nitrogen functional groups attached to an aromatic ring is 1. The Kier molecular flexibility index (Phi) is 3.55. The highest BCUT2D eigenvalue weighted by Gasteiger charge is 2.04. The Morgan fingerprint density at radius 1 is 1.35 bits per heavy atom. The van der Waals surface area contributed by atoms with Gasteiger partial charge in [-0.25, -0.2) is 9.97 Å². The smallest absolute Gasteiger partial charge is 0.224 e. The topological polar surface area (TPSA) is 61.0 Å². The zero-order valence-electron chi connectivity index (χ0n) is 9.60. The number of unbranched alkanes of at least 4 members (excludes halogenated alkanes) is 1. The molecule has 0 aliphatic rings. The van der Waals surface area contributed by atoms with E-state index in [2.05, 4.69) is 16.5 Å². The molecule has 17 heavy (non-hydrogen) atoms. The molecule has 2 rings (SSSR count). The zero-order chi connectivity index (χ0) is 12.1. The first kappa shape index (κ1) is 11.4. The second-order valence-electron chi connectivity index (χ2n) is 3.73. The molecule has 0 radical (unpaired) electrons. The summed E-state index contributed by atoms with van der Waals surface area (Å²) in [7, 11) is 0. The summed E-state index contributed by atoms with van der Waals surface area (Å²) in [5, 5.41) is 0.853. The average Bonchev–Trinajstić information content (AvgIpc) is 2.35. The van der Waals surface area contributed by atoms with Crippen molar-refractivity contribution >= 4 is 16.6 Å². The summed E-state index contributed by atoms with van der Waals surface area (Å²) in [6, 6.07) is 5.51. The van der Waals surface area contributed by atoms with Gasteiger partial charge >= 0.3 is 0 Å². The van der Waals surface area contributed by atoms with E-state index in [0.717, 1.165) is 23.7 Å². The van der Waals surface area contributed by atoms with E-state index < -0.39 is 0 Å². The summed E-state index contributed by atoms with van der Waals surface area (Å²) >= 11 is 0. The molecule has 2 aromatic rings. The fourth-order valence-electron chi connectivity index (χ4n) is 1.56. The van der Waals surface area contributed by atoms with Crippen LogP contribution in [0.25, 0.3) is 10.9 Å². The lowest BCUT2D eigenvalue weighted by Crippen LogP contribution is -2.00. The first-order valence-corrected chi connectivity index (χ1v) is 5.55. The van der Waals surface area contributed by atoms with Crippen LogP contribution in [-0.4, -0.2) is 16.6 Å². The quantitative estimate of drug-likeness (QED) is 0.486. The molecular weight excluding hydrogens is 214 g/mol. The van der Waals surface area contributed by atoms with E-state index in [1.165, 1.54) is 6.33 Å². The zero-order valence-corrected chi connectivity index (χ0v) is 9.60. The molecule has 88 valence electrons. The van der Waals surface area contributed by atoms with Gasteiger partial charge in [0.05, 0.1) is 17.5 Å². The van der Waals surface area contributed by atoms with E-state index in [1.807, 2.05) is 24.3 Å². The lowest BCUT2D eigenvalue weighted by Gasteiger charge is -2.07. The van der Waals surface area contributed by atoms with Gasteiger partial charge in [0.25, 0.3) is 0 Å². The van der Waals surface area contributed by atoms with Crippen molar-refractivity contribution in [3.05, 3.63) is 37.2 Å². The van der Waals surface area contributed by atoms with Crippen LogP contribution in [0.5, 0.6) is 5.88 Å². The fraction of sp³-hybridized carbons (Fsp3) is 0.231. The predicted octanol–water partition coefficient (Wildman–Crippen LogP) is 2.56. The van der Waals surface area contributed by atoms with Crippen LogP contribution in [0, 0.1) is 0 Å². The highest BCUT2D eigenvalue weighted by molar-refractivity contribution is 5.86. The number of benzene rings is 1. The van der Waals surface area contributed by atoms with Crippen LogP contribution in [0.1, 0.15) is 12.8 Å². The molecule has 0 saturated heterocycles. The number of hydrogen-bond acceptors (Lipinski definition) is 4. The Labute approximate surface area is 100 Å². The number of nitrogens with two attached hydrogens (primary N) is 1. The third-order valence-electron chi connectivity index (χ3n) is 2.41. The van der Waals surface area contributed by atoms with Crippen LogP contribution >= 0.6 is 0 Å². The van der Waals surface area contributed by atoms with Gasteiger partial charge in [0.15, 0.2) is 0 Å². The molecule has 0 saturated carbocycles. The van der Waals surface area contributed by atoms with Gasteiger partial charge in [0.1, 0.15) is 6.33 Å². The Morgan fingerprint density at radius 3 is 3.06 bits per heavy atom. The van der Waals surface area contributed by atoms with Crippen molar-refractivity contribution in [2.45, 2.75) is 12.8 Å². The first-order valence-electron chi connectivity index (χ1n) is 5.55. The molecule has 0 amide bonds. The van der Waals surface area contributed by atoms with Crippen molar-refractivity contribution in [3.63, 3.8) is 0 Å². The van der Waals surface area contributed by atoms with Gasteiger partial charge in [0.2, 0.25) is 5.88 Å². The van der Waals surface area contributed by atoms with Gasteiger partial charge in [-0.2, -0.15) is 0 Å². The molecule has 1 heterocycles. The second-order valence-corrected chi connectivity index (χ2v) is 3.73. The minimum absolute atomic E-state index is 0.589. The molecule has 4 nitrogen and oxygen atoms in total. The fourth-order valence-corrected chi connectivity index (χ4v) is 1.56. The largest absolute Gasteiger partial charge is 0.477 e. The second kappa shape index (κ2) is 5.30. The van der Waals surface area contributed by atoms with Crippen molar-refractivity contribution in [2.75, 3.05) is 12.3 Å². The third-order valence-corrected chi connectivity index (χ3v) is 2.41. The van der Waals surface area contributed by atoms with Gasteiger partial charge in [-0.1, -0.05) is 6.08 Å². The van der Waals surface area contributed by atoms with Crippen molar-refractivity contribution in [1.82, 2.24) is 9.97 Å². The molecule has 0 aliphatic carbocycles. The Morgan fingerprint density at radius 2 is 2.24 bits per heavy atom. The van der Waals surface area contributed by atoms with Crippen molar-refractivity contribution in [2.24, 2.45) is 0 Å². The first-order chi connectivity index (χ1) is 8.31. The number of nitrogens with zero attached hydrogens (tertiary/aromatic N) is 2. The Balaban J connectivity index is 2.21. The van der Waals surface area contributed by atoms with E-state index in [4.69, 9.17) is 10.5 Å². The highest BCUT2D eigenvalue weighted by Crippen LogP contribution is 2.23. The molecule has 0 fully saturated rings. The van der Waals surface area contributed by atoms with Crippen molar-refractivity contribution in [3.8, 4) is 5.88 Å². The van der Waals surface area contributed by atoms with Crippen LogP contribution in [0.4, 0.5) is 5.69 Å². The SMILES string of the molecule is C=CCCCOc1ncnc2ccc(N)cc12. The van der Waals surface area contributed by atoms with Crippen LogP contribution in [0.2, 0.25) is 0 Å². The molecule has 2 N–H and O–H groups in total. The number of rotatable bonds is 5. The number of anilines is 1. The number of aromatic nitrogens is 2. The van der Waals surface area contributed by atoms with E-state index in [0.29, 0.717) is 18.2 Å². The molecule has 0 unspecified atom stereocenters. The van der Waals surface area contributed by atoms with Crippen molar-refractivity contribution < 1.29 is 4.74 Å². The standard InChI is InChI=1S/C13H15N3O/c1-2-3-4-7-17-13-11-8-10(14)5-6-12(11)15-9-16-13/h2,5-6,8-9H,1,3-4,7,14H2. The number of hydrogen-bond donors (Lipinski definition) is 1. The van der Waals surface area contributed by atoms with Gasteiger partial charge < -0.3 is 10.5 Å². The van der Waals surface area contributed by atoms with Crippen LogP contribution < -0.4 is 10.5 Å². The summed E-state index contributed by atoms with van der Waals surface area (Å²) in [4.78, 5) is 8.30. The maximum absolute atomic E-state index is 5.74. The van der Waals surface area contributed by atoms with Crippen LogP contribution in [-0.2, 0) is 0 Å². The average molecular weight is 229 g/mol. The number of fused-ring (bicyclic) bond motifs is 1. The van der Waals surface area contributed by atoms with Crippen molar-refractivity contribution in [1.29, 1.82) is 0 Å². The van der Waals surface area contributed by atoms with E-state index in [1.54, 1.807) is 0 Å². The molecule has 0 bridgehead atoms. The summed E-state index contributed by atoms with van der Waals surface area (Å²) in [6.45, 7) is 4.29. The maximum Gasteiger partial charge on any atom is 0.224 e. The molecule has 0 aliphatic heterocycles.